The molecule has 1 unspecified atom stereocenters. The Kier molecular flexibility index (Phi) is 5.82. The van der Waals surface area contributed by atoms with Gasteiger partial charge in [0.15, 0.2) is 5.17 Å². The number of amides is 2. The Balaban J connectivity index is 2.04. The van der Waals surface area contributed by atoms with Crippen molar-refractivity contribution in [3.63, 3.8) is 0 Å². The van der Waals surface area contributed by atoms with E-state index in [4.69, 9.17) is 0 Å². The van der Waals surface area contributed by atoms with Crippen molar-refractivity contribution in [1.29, 1.82) is 0 Å². The van der Waals surface area contributed by atoms with E-state index in [1.54, 1.807) is 4.90 Å². The van der Waals surface area contributed by atoms with Crippen LogP contribution in [0.4, 0.5) is 5.69 Å². The summed E-state index contributed by atoms with van der Waals surface area (Å²) in [5, 5.41) is 3.26. The van der Waals surface area contributed by atoms with Crippen molar-refractivity contribution in [3.8, 4) is 0 Å². The van der Waals surface area contributed by atoms with Crippen LogP contribution in [0.1, 0.15) is 31.4 Å². The van der Waals surface area contributed by atoms with Crippen LogP contribution < -0.4 is 5.32 Å². The second-order valence-electron chi connectivity index (χ2n) is 5.45. The minimum absolute atomic E-state index is 0.0270. The average molecular weight is 333 g/mol. The average Bonchev–Trinajstić information content (AvgIpc) is 2.79. The summed E-state index contributed by atoms with van der Waals surface area (Å²) in [4.78, 5) is 30.7. The van der Waals surface area contributed by atoms with Gasteiger partial charge in [0.1, 0.15) is 5.25 Å². The van der Waals surface area contributed by atoms with Gasteiger partial charge in [0, 0.05) is 25.2 Å². The molecule has 0 saturated carbocycles. The van der Waals surface area contributed by atoms with E-state index in [1.165, 1.54) is 11.8 Å². The Labute approximate surface area is 141 Å². The number of hydrogen-bond donors (Lipinski definition) is 1. The van der Waals surface area contributed by atoms with Gasteiger partial charge in [-0.3, -0.25) is 19.5 Å². The number of benzene rings is 1. The molecule has 0 aromatic heterocycles. The molecule has 0 spiro atoms. The molecule has 1 aliphatic heterocycles. The van der Waals surface area contributed by atoms with Gasteiger partial charge in [-0.15, -0.1) is 0 Å². The van der Waals surface area contributed by atoms with E-state index < -0.39 is 0 Å². The predicted octanol–water partition coefficient (Wildman–Crippen LogP) is 2.97. The maximum Gasteiger partial charge on any atom is 0.242 e. The number of amidine groups is 1. The molecule has 5 nitrogen and oxygen atoms in total. The monoisotopic (exact) mass is 333 g/mol. The summed E-state index contributed by atoms with van der Waals surface area (Å²) in [7, 11) is 0. The number of aliphatic imine (C=N–C) groups is 1. The van der Waals surface area contributed by atoms with Crippen LogP contribution in [-0.2, 0) is 9.59 Å². The summed E-state index contributed by atoms with van der Waals surface area (Å²) >= 11 is 1.39. The molecule has 1 aliphatic rings. The van der Waals surface area contributed by atoms with Gasteiger partial charge in [-0.1, -0.05) is 23.9 Å². The molecule has 2 rings (SSSR count). The van der Waals surface area contributed by atoms with Crippen LogP contribution in [0.2, 0.25) is 0 Å². The first-order chi connectivity index (χ1) is 11.0. The third kappa shape index (κ3) is 3.93. The van der Waals surface area contributed by atoms with Gasteiger partial charge in [-0.25, -0.2) is 0 Å². The van der Waals surface area contributed by atoms with Crippen LogP contribution in [-0.4, -0.2) is 40.2 Å². The Morgan fingerprint density at radius 2 is 2.09 bits per heavy atom. The summed E-state index contributed by atoms with van der Waals surface area (Å²) in [5.41, 5.74) is 2.98. The number of carbonyl (C=O) groups is 2. The van der Waals surface area contributed by atoms with Crippen molar-refractivity contribution in [1.82, 2.24) is 4.90 Å². The normalized spacial score (nSPS) is 19.5. The van der Waals surface area contributed by atoms with Gasteiger partial charge in [0.05, 0.1) is 0 Å². The number of nitrogens with zero attached hydrogens (tertiary/aromatic N) is 2. The lowest BCUT2D eigenvalue weighted by molar-refractivity contribution is -0.128. The fourth-order valence-electron chi connectivity index (χ4n) is 2.44. The SMILES string of the molecule is CCN=C1SC(CC(=O)Nc2cccc(C)c2C)C(=O)N1CC. The highest BCUT2D eigenvalue weighted by atomic mass is 32.2. The lowest BCUT2D eigenvalue weighted by Gasteiger charge is -2.13. The van der Waals surface area contributed by atoms with Gasteiger partial charge < -0.3 is 5.32 Å². The number of hydrogen-bond acceptors (Lipinski definition) is 4. The molecule has 6 heteroatoms. The Hall–Kier alpha value is -1.82. The molecule has 0 bridgehead atoms. The molecule has 0 aliphatic carbocycles. The topological polar surface area (TPSA) is 61.8 Å². The molecule has 1 saturated heterocycles. The predicted molar refractivity (Wildman–Crippen MR) is 95.9 cm³/mol. The Morgan fingerprint density at radius 3 is 2.74 bits per heavy atom. The first-order valence-electron chi connectivity index (χ1n) is 7.86. The highest BCUT2D eigenvalue weighted by Gasteiger charge is 2.38. The molecule has 1 atom stereocenters. The number of aryl methyl sites for hydroxylation is 1. The summed E-state index contributed by atoms with van der Waals surface area (Å²) in [5.74, 6) is -0.167. The maximum absolute atomic E-state index is 12.4. The molecule has 23 heavy (non-hydrogen) atoms. The molecule has 0 radical (unpaired) electrons. The minimum atomic E-state index is -0.384. The number of nitrogens with one attached hydrogen (secondary N) is 1. The third-order valence-electron chi connectivity index (χ3n) is 3.88. The summed E-state index contributed by atoms with van der Waals surface area (Å²) in [6.45, 7) is 9.06. The zero-order valence-electron chi connectivity index (χ0n) is 14.0. The largest absolute Gasteiger partial charge is 0.326 e. The van der Waals surface area contributed by atoms with Crippen molar-refractivity contribution in [2.75, 3.05) is 18.4 Å². The highest BCUT2D eigenvalue weighted by Crippen LogP contribution is 2.30. The molecule has 1 aromatic rings. The quantitative estimate of drug-likeness (QED) is 0.901. The van der Waals surface area contributed by atoms with E-state index in [0.717, 1.165) is 22.0 Å². The number of rotatable bonds is 5. The standard InChI is InChI=1S/C17H23N3O2S/c1-5-18-17-20(6-2)16(22)14(23-17)10-15(21)19-13-9-7-8-11(3)12(13)4/h7-9,14H,5-6,10H2,1-4H3,(H,19,21). The van der Waals surface area contributed by atoms with E-state index in [-0.39, 0.29) is 23.5 Å². The lowest BCUT2D eigenvalue weighted by atomic mass is 10.1. The van der Waals surface area contributed by atoms with Crippen molar-refractivity contribution in [2.45, 2.75) is 39.4 Å². The van der Waals surface area contributed by atoms with E-state index in [9.17, 15) is 9.59 Å². The Bertz CT molecular complexity index is 643. The van der Waals surface area contributed by atoms with Crippen LogP contribution >= 0.6 is 11.8 Å². The van der Waals surface area contributed by atoms with Crippen LogP contribution in [0.15, 0.2) is 23.2 Å². The van der Waals surface area contributed by atoms with Crippen molar-refractivity contribution < 1.29 is 9.59 Å². The van der Waals surface area contributed by atoms with E-state index in [0.29, 0.717) is 13.1 Å². The van der Waals surface area contributed by atoms with Gasteiger partial charge in [0.2, 0.25) is 11.8 Å². The fraction of sp³-hybridized carbons (Fsp3) is 0.471. The first kappa shape index (κ1) is 17.5. The van der Waals surface area contributed by atoms with Crippen molar-refractivity contribution in [2.24, 2.45) is 4.99 Å². The van der Waals surface area contributed by atoms with Gasteiger partial charge >= 0.3 is 0 Å². The number of anilines is 1. The van der Waals surface area contributed by atoms with Crippen LogP contribution in [0.25, 0.3) is 0 Å². The molecule has 1 aromatic carbocycles. The van der Waals surface area contributed by atoms with Crippen LogP contribution in [0, 0.1) is 13.8 Å². The molecule has 1 N–H and O–H groups in total. The fourth-order valence-corrected chi connectivity index (χ4v) is 3.71. The van der Waals surface area contributed by atoms with Crippen LogP contribution in [0.3, 0.4) is 0 Å². The zero-order valence-corrected chi connectivity index (χ0v) is 14.9. The van der Waals surface area contributed by atoms with E-state index >= 15 is 0 Å². The number of carbonyl (C=O) groups excluding carboxylic acids is 2. The van der Waals surface area contributed by atoms with Gasteiger partial charge in [-0.05, 0) is 44.9 Å². The lowest BCUT2D eigenvalue weighted by Crippen LogP contribution is -2.33. The van der Waals surface area contributed by atoms with E-state index in [2.05, 4.69) is 10.3 Å². The third-order valence-corrected chi connectivity index (χ3v) is 5.09. The molecular weight excluding hydrogens is 310 g/mol. The second-order valence-corrected chi connectivity index (χ2v) is 6.62. The van der Waals surface area contributed by atoms with Crippen molar-refractivity contribution >= 4 is 34.4 Å². The molecule has 2 amide bonds. The number of thioether (sulfide) groups is 1. The Morgan fingerprint density at radius 1 is 1.35 bits per heavy atom. The zero-order chi connectivity index (χ0) is 17.0. The summed E-state index contributed by atoms with van der Waals surface area (Å²) in [6, 6.07) is 5.80. The van der Waals surface area contributed by atoms with Gasteiger partial charge in [-0.2, -0.15) is 0 Å². The highest BCUT2D eigenvalue weighted by molar-refractivity contribution is 8.15. The molecule has 1 heterocycles. The summed E-state index contributed by atoms with van der Waals surface area (Å²) < 4.78 is 0. The van der Waals surface area contributed by atoms with E-state index in [1.807, 2.05) is 45.9 Å². The van der Waals surface area contributed by atoms with Crippen LogP contribution in [0.5, 0.6) is 0 Å². The first-order valence-corrected chi connectivity index (χ1v) is 8.74. The second kappa shape index (κ2) is 7.64. The maximum atomic E-state index is 12.4. The minimum Gasteiger partial charge on any atom is -0.326 e. The molecule has 124 valence electrons. The molecule has 1 fully saturated rings. The van der Waals surface area contributed by atoms with Gasteiger partial charge in [0.25, 0.3) is 0 Å². The smallest absolute Gasteiger partial charge is 0.242 e. The molecular formula is C17H23N3O2S. The summed E-state index contributed by atoms with van der Waals surface area (Å²) in [6.07, 6.45) is 0.163. The van der Waals surface area contributed by atoms with Crippen molar-refractivity contribution in [3.05, 3.63) is 29.3 Å².